The molecular formula is C15H16F4N2O3. The van der Waals surface area contributed by atoms with E-state index in [2.05, 4.69) is 10.6 Å². The van der Waals surface area contributed by atoms with E-state index in [9.17, 15) is 27.2 Å². The number of anilines is 1. The lowest BCUT2D eigenvalue weighted by atomic mass is 9.86. The molecular weight excluding hydrogens is 332 g/mol. The molecule has 0 atom stereocenters. The van der Waals surface area contributed by atoms with Crippen molar-refractivity contribution in [1.29, 1.82) is 0 Å². The van der Waals surface area contributed by atoms with Crippen molar-refractivity contribution in [2.45, 2.75) is 37.9 Å². The summed E-state index contributed by atoms with van der Waals surface area (Å²) < 4.78 is 51.1. The van der Waals surface area contributed by atoms with Crippen LogP contribution < -0.4 is 10.6 Å². The molecule has 0 aromatic heterocycles. The number of hydrogen-bond acceptors (Lipinski definition) is 2. The largest absolute Gasteiger partial charge is 0.481 e. The van der Waals surface area contributed by atoms with Crippen molar-refractivity contribution in [2.75, 3.05) is 5.32 Å². The third-order valence-corrected chi connectivity index (χ3v) is 3.94. The summed E-state index contributed by atoms with van der Waals surface area (Å²) in [6.07, 6.45) is -3.05. The molecule has 1 aromatic carbocycles. The van der Waals surface area contributed by atoms with Gasteiger partial charge in [-0.15, -0.1) is 0 Å². The summed E-state index contributed by atoms with van der Waals surface area (Å²) in [5, 5.41) is 13.7. The number of urea groups is 1. The number of carboxylic acids is 1. The first-order chi connectivity index (χ1) is 11.2. The highest BCUT2D eigenvalue weighted by Gasteiger charge is 2.34. The molecule has 1 saturated carbocycles. The van der Waals surface area contributed by atoms with E-state index < -0.39 is 35.5 Å². The van der Waals surface area contributed by atoms with Gasteiger partial charge in [0.05, 0.1) is 11.5 Å². The normalized spacial score (nSPS) is 21.2. The van der Waals surface area contributed by atoms with Gasteiger partial charge >= 0.3 is 18.2 Å². The molecule has 1 aliphatic carbocycles. The van der Waals surface area contributed by atoms with Crippen LogP contribution in [0, 0.1) is 11.7 Å². The highest BCUT2D eigenvalue weighted by molar-refractivity contribution is 5.89. The molecule has 0 radical (unpaired) electrons. The van der Waals surface area contributed by atoms with E-state index in [4.69, 9.17) is 5.11 Å². The number of carboxylic acid groups (broad SMARTS) is 1. The molecule has 0 bridgehead atoms. The first-order valence-electron chi connectivity index (χ1n) is 7.34. The number of alkyl halides is 3. The topological polar surface area (TPSA) is 78.4 Å². The molecule has 3 N–H and O–H groups in total. The van der Waals surface area contributed by atoms with E-state index in [1.807, 2.05) is 0 Å². The fourth-order valence-electron chi connectivity index (χ4n) is 2.66. The first-order valence-corrected chi connectivity index (χ1v) is 7.34. The molecule has 132 valence electrons. The minimum Gasteiger partial charge on any atom is -0.481 e. The standard InChI is InChI=1S/C15H16F4N2O3/c16-12-6-5-10(7-11(12)15(17,18)19)21-14(24)20-9-3-1-8(2-4-9)13(22)23/h5-9H,1-4H2,(H,22,23)(H2,20,21,24). The lowest BCUT2D eigenvalue weighted by Gasteiger charge is -2.26. The molecule has 5 nitrogen and oxygen atoms in total. The summed E-state index contributed by atoms with van der Waals surface area (Å²) in [6.45, 7) is 0. The maximum atomic E-state index is 13.2. The average molecular weight is 348 g/mol. The second kappa shape index (κ2) is 7.06. The van der Waals surface area contributed by atoms with Gasteiger partial charge in [0.25, 0.3) is 0 Å². The van der Waals surface area contributed by atoms with Crippen molar-refractivity contribution >= 4 is 17.7 Å². The Hall–Kier alpha value is -2.32. The van der Waals surface area contributed by atoms with Crippen LogP contribution in [0.2, 0.25) is 0 Å². The highest BCUT2D eigenvalue weighted by Crippen LogP contribution is 2.33. The van der Waals surface area contributed by atoms with Gasteiger partial charge in [-0.3, -0.25) is 4.79 Å². The smallest absolute Gasteiger partial charge is 0.419 e. The van der Waals surface area contributed by atoms with Crippen LogP contribution in [0.5, 0.6) is 0 Å². The number of nitrogens with one attached hydrogen (secondary N) is 2. The maximum Gasteiger partial charge on any atom is 0.419 e. The predicted molar refractivity (Wildman–Crippen MR) is 76.9 cm³/mol. The van der Waals surface area contributed by atoms with Crippen LogP contribution in [0.25, 0.3) is 0 Å². The van der Waals surface area contributed by atoms with Gasteiger partial charge < -0.3 is 15.7 Å². The van der Waals surface area contributed by atoms with Crippen molar-refractivity contribution in [3.8, 4) is 0 Å². The summed E-state index contributed by atoms with van der Waals surface area (Å²) in [7, 11) is 0. The Bertz CT molecular complexity index is 626. The molecule has 0 saturated heterocycles. The van der Waals surface area contributed by atoms with Crippen molar-refractivity contribution in [3.63, 3.8) is 0 Å². The number of hydrogen-bond donors (Lipinski definition) is 3. The maximum absolute atomic E-state index is 13.2. The van der Waals surface area contributed by atoms with Crippen molar-refractivity contribution in [2.24, 2.45) is 5.92 Å². The molecule has 0 aliphatic heterocycles. The van der Waals surface area contributed by atoms with Gasteiger partial charge in [0.2, 0.25) is 0 Å². The van der Waals surface area contributed by atoms with E-state index in [1.165, 1.54) is 0 Å². The van der Waals surface area contributed by atoms with Crippen LogP contribution in [-0.4, -0.2) is 23.1 Å². The first kappa shape index (κ1) is 18.0. The third-order valence-electron chi connectivity index (χ3n) is 3.94. The zero-order valence-corrected chi connectivity index (χ0v) is 12.5. The summed E-state index contributed by atoms with van der Waals surface area (Å²) in [5.74, 6) is -2.72. The van der Waals surface area contributed by atoms with Crippen molar-refractivity contribution in [3.05, 3.63) is 29.6 Å². The number of carbonyl (C=O) groups excluding carboxylic acids is 1. The molecule has 1 aliphatic rings. The highest BCUT2D eigenvalue weighted by atomic mass is 19.4. The molecule has 0 unspecified atom stereocenters. The number of halogens is 4. The minimum absolute atomic E-state index is 0.180. The Balaban J connectivity index is 1.93. The second-order valence-electron chi connectivity index (χ2n) is 5.68. The summed E-state index contributed by atoms with van der Waals surface area (Å²) in [6, 6.07) is 1.23. The van der Waals surface area contributed by atoms with Crippen LogP contribution in [0.4, 0.5) is 28.0 Å². The molecule has 9 heteroatoms. The molecule has 1 aromatic rings. The molecule has 0 spiro atoms. The molecule has 2 amide bonds. The number of aliphatic carboxylic acids is 1. The van der Waals surface area contributed by atoms with Gasteiger partial charge in [0.1, 0.15) is 5.82 Å². The molecule has 0 heterocycles. The quantitative estimate of drug-likeness (QED) is 0.730. The van der Waals surface area contributed by atoms with Crippen LogP contribution >= 0.6 is 0 Å². The van der Waals surface area contributed by atoms with E-state index >= 15 is 0 Å². The van der Waals surface area contributed by atoms with Gasteiger partial charge in [-0.05, 0) is 43.9 Å². The average Bonchev–Trinajstić information content (AvgIpc) is 2.48. The molecule has 2 rings (SSSR count). The number of rotatable bonds is 3. The van der Waals surface area contributed by atoms with Crippen LogP contribution in [0.15, 0.2) is 18.2 Å². The predicted octanol–water partition coefficient (Wildman–Crippen LogP) is 3.61. The molecule has 1 fully saturated rings. The third kappa shape index (κ3) is 4.59. The van der Waals surface area contributed by atoms with E-state index in [0.717, 1.165) is 6.07 Å². The van der Waals surface area contributed by atoms with Crippen LogP contribution in [0.3, 0.4) is 0 Å². The molecule has 24 heavy (non-hydrogen) atoms. The summed E-state index contributed by atoms with van der Waals surface area (Å²) in [5.41, 5.74) is -1.64. The van der Waals surface area contributed by atoms with Crippen LogP contribution in [0.1, 0.15) is 31.2 Å². The number of benzene rings is 1. The van der Waals surface area contributed by atoms with Gasteiger partial charge in [0.15, 0.2) is 0 Å². The van der Waals surface area contributed by atoms with Crippen molar-refractivity contribution < 1.29 is 32.3 Å². The number of carbonyl (C=O) groups is 2. The van der Waals surface area contributed by atoms with Gasteiger partial charge in [-0.25, -0.2) is 9.18 Å². The number of amides is 2. The van der Waals surface area contributed by atoms with Crippen molar-refractivity contribution in [1.82, 2.24) is 5.32 Å². The Morgan fingerprint density at radius 1 is 1.12 bits per heavy atom. The second-order valence-corrected chi connectivity index (χ2v) is 5.68. The summed E-state index contributed by atoms with van der Waals surface area (Å²) in [4.78, 5) is 22.7. The van der Waals surface area contributed by atoms with Gasteiger partial charge in [-0.2, -0.15) is 13.2 Å². The van der Waals surface area contributed by atoms with Gasteiger partial charge in [-0.1, -0.05) is 0 Å². The zero-order valence-electron chi connectivity index (χ0n) is 12.5. The lowest BCUT2D eigenvalue weighted by Crippen LogP contribution is -2.41. The fraction of sp³-hybridized carbons (Fsp3) is 0.467. The Morgan fingerprint density at radius 3 is 2.29 bits per heavy atom. The fourth-order valence-corrected chi connectivity index (χ4v) is 2.66. The van der Waals surface area contributed by atoms with E-state index in [0.29, 0.717) is 37.8 Å². The monoisotopic (exact) mass is 348 g/mol. The van der Waals surface area contributed by atoms with Crippen LogP contribution in [-0.2, 0) is 11.0 Å². The van der Waals surface area contributed by atoms with Gasteiger partial charge in [0, 0.05) is 11.7 Å². The SMILES string of the molecule is O=C(Nc1ccc(F)c(C(F)(F)F)c1)NC1CCC(C(=O)O)CC1. The Morgan fingerprint density at radius 2 is 1.75 bits per heavy atom. The summed E-state index contributed by atoms with van der Waals surface area (Å²) >= 11 is 0. The van der Waals surface area contributed by atoms with E-state index in [-0.39, 0.29) is 11.7 Å². The van der Waals surface area contributed by atoms with E-state index in [1.54, 1.807) is 0 Å². The zero-order chi connectivity index (χ0) is 17.9. The Kier molecular flexibility index (Phi) is 5.30. The Labute approximate surface area is 135 Å². The lowest BCUT2D eigenvalue weighted by molar-refractivity contribution is -0.143. The minimum atomic E-state index is -4.85.